The maximum atomic E-state index is 12.7. The van der Waals surface area contributed by atoms with Crippen LogP contribution in [-0.2, 0) is 20.7 Å². The minimum atomic E-state index is -0.664. The van der Waals surface area contributed by atoms with E-state index < -0.39 is 23.2 Å². The summed E-state index contributed by atoms with van der Waals surface area (Å²) in [5.74, 6) is -1.24. The second-order valence-corrected chi connectivity index (χ2v) is 6.18. The van der Waals surface area contributed by atoms with Gasteiger partial charge in [-0.05, 0) is 25.5 Å². The van der Waals surface area contributed by atoms with Gasteiger partial charge in [-0.3, -0.25) is 24.6 Å². The van der Waals surface area contributed by atoms with Gasteiger partial charge >= 0.3 is 11.7 Å². The van der Waals surface area contributed by atoms with Gasteiger partial charge in [0.05, 0.1) is 11.5 Å². The smallest absolute Gasteiger partial charge is 0.315 e. The zero-order chi connectivity index (χ0) is 18.4. The van der Waals surface area contributed by atoms with Gasteiger partial charge in [0.2, 0.25) is 5.91 Å². The zero-order valence-corrected chi connectivity index (χ0v) is 14.7. The van der Waals surface area contributed by atoms with Crippen LogP contribution in [0.1, 0.15) is 25.1 Å². The quantitative estimate of drug-likeness (QED) is 0.323. The van der Waals surface area contributed by atoms with Crippen LogP contribution in [0.25, 0.3) is 0 Å². The van der Waals surface area contributed by atoms with Crippen molar-refractivity contribution in [2.24, 2.45) is 0 Å². The number of nitro groups is 1. The van der Waals surface area contributed by atoms with Crippen molar-refractivity contribution < 1.29 is 19.2 Å². The minimum absolute atomic E-state index is 0.150. The maximum absolute atomic E-state index is 12.7. The van der Waals surface area contributed by atoms with E-state index in [0.29, 0.717) is 12.1 Å². The molecule has 2 rings (SSSR count). The first-order valence-electron chi connectivity index (χ1n) is 7.78. The Morgan fingerprint density at radius 3 is 2.48 bits per heavy atom. The monoisotopic (exact) mass is 362 g/mol. The van der Waals surface area contributed by atoms with Gasteiger partial charge in [0.1, 0.15) is 6.42 Å². The van der Waals surface area contributed by atoms with Gasteiger partial charge in [-0.25, -0.2) is 0 Å². The second-order valence-electron chi connectivity index (χ2n) is 5.06. The largest absolute Gasteiger partial charge is 0.466 e. The molecule has 0 aliphatic rings. The second kappa shape index (κ2) is 8.39. The molecule has 0 fully saturated rings. The Bertz CT molecular complexity index is 773. The summed E-state index contributed by atoms with van der Waals surface area (Å²) in [6, 6.07) is 10.0. The molecule has 132 valence electrons. The third kappa shape index (κ3) is 4.42. The number of anilines is 2. The number of thiophene rings is 1. The number of amides is 1. The number of carbonyl (C=O) groups is 2. The van der Waals surface area contributed by atoms with Gasteiger partial charge in [0.15, 0.2) is 5.00 Å². The molecule has 0 aliphatic heterocycles. The molecule has 1 heterocycles. The molecular formula is C17H18N2O5S. The van der Waals surface area contributed by atoms with Crippen LogP contribution in [0.4, 0.5) is 16.4 Å². The fourth-order valence-electron chi connectivity index (χ4n) is 2.25. The summed E-state index contributed by atoms with van der Waals surface area (Å²) < 4.78 is 4.82. The summed E-state index contributed by atoms with van der Waals surface area (Å²) in [5, 5.41) is 11.6. The summed E-state index contributed by atoms with van der Waals surface area (Å²) in [7, 11) is 0. The van der Waals surface area contributed by atoms with E-state index >= 15 is 0 Å². The molecule has 0 saturated carbocycles. The number of hydrogen-bond donors (Lipinski definition) is 0. The fourth-order valence-corrected chi connectivity index (χ4v) is 3.35. The lowest BCUT2D eigenvalue weighted by molar-refractivity contribution is -0.383. The molecule has 8 heteroatoms. The molecular weight excluding hydrogens is 344 g/mol. The molecule has 2 aromatic rings. The highest BCUT2D eigenvalue weighted by molar-refractivity contribution is 7.17. The standard InChI is InChI=1S/C17H18N2O5S/c1-3-13-10-14(19(22)23)17(25-13)18(12-8-6-5-7-9-12)15(20)11-16(21)24-4-2/h5-10H,3-4,11H2,1-2H3. The van der Waals surface area contributed by atoms with E-state index in [2.05, 4.69) is 0 Å². The first-order chi connectivity index (χ1) is 12.0. The topological polar surface area (TPSA) is 89.8 Å². The number of rotatable bonds is 7. The Hall–Kier alpha value is -2.74. The molecule has 0 bridgehead atoms. The van der Waals surface area contributed by atoms with Crippen LogP contribution >= 0.6 is 11.3 Å². The Balaban J connectivity index is 2.49. The SMILES string of the molecule is CCOC(=O)CC(=O)N(c1ccccc1)c1sc(CC)cc1[N+](=O)[O-]. The molecule has 7 nitrogen and oxygen atoms in total. The lowest BCUT2D eigenvalue weighted by Gasteiger charge is -2.20. The van der Waals surface area contributed by atoms with E-state index in [0.717, 1.165) is 4.88 Å². The number of esters is 1. The summed E-state index contributed by atoms with van der Waals surface area (Å²) >= 11 is 1.17. The molecule has 0 saturated heterocycles. The van der Waals surface area contributed by atoms with Gasteiger partial charge in [-0.1, -0.05) is 25.1 Å². The number of aryl methyl sites for hydroxylation is 1. The zero-order valence-electron chi connectivity index (χ0n) is 13.9. The van der Waals surface area contributed by atoms with Gasteiger partial charge in [0.25, 0.3) is 0 Å². The molecule has 1 aromatic carbocycles. The van der Waals surface area contributed by atoms with Crippen LogP contribution < -0.4 is 4.90 Å². The van der Waals surface area contributed by atoms with Gasteiger partial charge < -0.3 is 4.74 Å². The predicted octanol–water partition coefficient (Wildman–Crippen LogP) is 3.84. The first-order valence-corrected chi connectivity index (χ1v) is 8.60. The average molecular weight is 362 g/mol. The molecule has 1 aromatic heterocycles. The van der Waals surface area contributed by atoms with Crippen molar-refractivity contribution in [1.82, 2.24) is 0 Å². The highest BCUT2D eigenvalue weighted by Crippen LogP contribution is 2.41. The van der Waals surface area contributed by atoms with Crippen molar-refractivity contribution in [3.8, 4) is 0 Å². The van der Waals surface area contributed by atoms with Crippen LogP contribution in [0.5, 0.6) is 0 Å². The number of benzene rings is 1. The lowest BCUT2D eigenvalue weighted by Crippen LogP contribution is -2.28. The van der Waals surface area contributed by atoms with Crippen molar-refractivity contribution >= 4 is 39.6 Å². The molecule has 0 radical (unpaired) electrons. The summed E-state index contributed by atoms with van der Waals surface area (Å²) in [5.41, 5.74) is 0.312. The lowest BCUT2D eigenvalue weighted by atomic mass is 10.2. The minimum Gasteiger partial charge on any atom is -0.466 e. The van der Waals surface area contributed by atoms with Gasteiger partial charge in [-0.2, -0.15) is 0 Å². The predicted molar refractivity (Wildman–Crippen MR) is 95.2 cm³/mol. The average Bonchev–Trinajstić information content (AvgIpc) is 3.00. The Morgan fingerprint density at radius 2 is 1.92 bits per heavy atom. The molecule has 1 amide bonds. The third-order valence-corrected chi connectivity index (χ3v) is 4.61. The van der Waals surface area contributed by atoms with E-state index in [4.69, 9.17) is 4.74 Å². The fraction of sp³-hybridized carbons (Fsp3) is 0.294. The number of para-hydroxylation sites is 1. The van der Waals surface area contributed by atoms with Crippen molar-refractivity contribution in [3.05, 3.63) is 51.4 Å². The third-order valence-electron chi connectivity index (χ3n) is 3.36. The molecule has 0 N–H and O–H groups in total. The summed E-state index contributed by atoms with van der Waals surface area (Å²) in [6.07, 6.45) is 0.124. The molecule has 25 heavy (non-hydrogen) atoms. The Morgan fingerprint density at radius 1 is 1.24 bits per heavy atom. The van der Waals surface area contributed by atoms with Crippen LogP contribution in [0.2, 0.25) is 0 Å². The van der Waals surface area contributed by atoms with Crippen LogP contribution in [0, 0.1) is 10.1 Å². The molecule has 0 atom stereocenters. The van der Waals surface area contributed by atoms with Crippen molar-refractivity contribution in [3.63, 3.8) is 0 Å². The highest BCUT2D eigenvalue weighted by atomic mass is 32.1. The van der Waals surface area contributed by atoms with Crippen LogP contribution in [0.3, 0.4) is 0 Å². The normalized spacial score (nSPS) is 10.3. The first kappa shape index (κ1) is 18.6. The Labute approximate surface area is 149 Å². The number of ether oxygens (including phenoxy) is 1. The van der Waals surface area contributed by atoms with Gasteiger partial charge in [-0.15, -0.1) is 11.3 Å². The van der Waals surface area contributed by atoms with E-state index in [1.165, 1.54) is 22.3 Å². The van der Waals surface area contributed by atoms with E-state index in [-0.39, 0.29) is 17.3 Å². The molecule has 0 aliphatic carbocycles. The molecule has 0 unspecified atom stereocenters. The van der Waals surface area contributed by atoms with Crippen molar-refractivity contribution in [2.75, 3.05) is 11.5 Å². The Kier molecular flexibility index (Phi) is 6.24. The van der Waals surface area contributed by atoms with E-state index in [9.17, 15) is 19.7 Å². The van der Waals surface area contributed by atoms with Crippen molar-refractivity contribution in [1.29, 1.82) is 0 Å². The van der Waals surface area contributed by atoms with E-state index in [1.807, 2.05) is 6.92 Å². The summed E-state index contributed by atoms with van der Waals surface area (Å²) in [6.45, 7) is 3.69. The summed E-state index contributed by atoms with van der Waals surface area (Å²) in [4.78, 5) is 37.3. The van der Waals surface area contributed by atoms with Crippen LogP contribution in [-0.4, -0.2) is 23.4 Å². The van der Waals surface area contributed by atoms with Crippen molar-refractivity contribution in [2.45, 2.75) is 26.7 Å². The maximum Gasteiger partial charge on any atom is 0.315 e. The van der Waals surface area contributed by atoms with Gasteiger partial charge in [0, 0.05) is 16.6 Å². The number of hydrogen-bond acceptors (Lipinski definition) is 6. The van der Waals surface area contributed by atoms with E-state index in [1.54, 1.807) is 37.3 Å². The number of carbonyl (C=O) groups excluding carboxylic acids is 2. The number of nitrogens with zero attached hydrogens (tertiary/aromatic N) is 2. The molecule has 0 spiro atoms. The highest BCUT2D eigenvalue weighted by Gasteiger charge is 2.30. The van der Waals surface area contributed by atoms with Crippen LogP contribution in [0.15, 0.2) is 36.4 Å².